The van der Waals surface area contributed by atoms with Crippen LogP contribution < -0.4 is 0 Å². The number of esters is 1. The van der Waals surface area contributed by atoms with Gasteiger partial charge in [0.05, 0.1) is 38.8 Å². The molecule has 0 rings (SSSR count). The lowest BCUT2D eigenvalue weighted by atomic mass is 10.0. The average molecular weight is 676 g/mol. The molecule has 47 heavy (non-hydrogen) atoms. The summed E-state index contributed by atoms with van der Waals surface area (Å²) in [5.41, 5.74) is 0. The van der Waals surface area contributed by atoms with Crippen LogP contribution in [0, 0.1) is 0 Å². The van der Waals surface area contributed by atoms with Gasteiger partial charge in [0.1, 0.15) is 6.61 Å². The molecule has 0 aliphatic carbocycles. The fraction of sp³-hybridized carbons (Fsp3) is 0.812. The summed E-state index contributed by atoms with van der Waals surface area (Å²) in [7, 11) is 0. The number of hydrogen-bond acceptors (Lipinski definition) is 10. The molecule has 0 radical (unpaired) electrons. The van der Waals surface area contributed by atoms with Crippen molar-refractivity contribution in [2.45, 2.75) is 109 Å². The molecule has 0 aliphatic heterocycles. The second-order valence-corrected chi connectivity index (χ2v) is 12.0. The number of aliphatic carboxylic acids is 5. The van der Waals surface area contributed by atoms with E-state index in [4.69, 9.17) is 14.9 Å². The van der Waals surface area contributed by atoms with Crippen LogP contribution >= 0.6 is 0 Å². The lowest BCUT2D eigenvalue weighted by Gasteiger charge is -2.33. The number of hydrogen-bond donors (Lipinski definition) is 5. The summed E-state index contributed by atoms with van der Waals surface area (Å²) >= 11 is 0. The van der Waals surface area contributed by atoms with Gasteiger partial charge in [0, 0.05) is 26.1 Å². The summed E-state index contributed by atoms with van der Waals surface area (Å²) in [5.74, 6) is -6.85. The first-order valence-electron chi connectivity index (χ1n) is 16.8. The molecule has 0 aromatic rings. The van der Waals surface area contributed by atoms with Crippen molar-refractivity contribution in [1.82, 2.24) is 14.7 Å². The standard InChI is InChI=1S/C32H57N3O12/c1-2-3-4-5-6-7-8-9-10-11-12-13-14-16-32(46)47-25-26(35(23-30(42)43)24-31(44)45)19-33(20-27(36)37)17-15-18-34(21-28(38)39)22-29(40)41/h26H,2-25H2,1H3,(H,36,37)(H,38,39)(H,40,41)(H,42,43)(H,44,45). The first-order valence-corrected chi connectivity index (χ1v) is 16.8. The zero-order valence-corrected chi connectivity index (χ0v) is 28.0. The molecule has 1 atom stereocenters. The van der Waals surface area contributed by atoms with Gasteiger partial charge in [0.25, 0.3) is 0 Å². The summed E-state index contributed by atoms with van der Waals surface area (Å²) in [6.07, 6.45) is 15.3. The van der Waals surface area contributed by atoms with Gasteiger partial charge in [-0.25, -0.2) is 0 Å². The Labute approximate surface area is 277 Å². The van der Waals surface area contributed by atoms with Crippen molar-refractivity contribution < 1.29 is 59.0 Å². The van der Waals surface area contributed by atoms with Gasteiger partial charge in [0.2, 0.25) is 0 Å². The van der Waals surface area contributed by atoms with Crippen LogP contribution in [0.3, 0.4) is 0 Å². The quantitative estimate of drug-likeness (QED) is 0.0498. The topological polar surface area (TPSA) is 223 Å². The van der Waals surface area contributed by atoms with E-state index in [1.807, 2.05) is 0 Å². The van der Waals surface area contributed by atoms with Crippen molar-refractivity contribution in [3.63, 3.8) is 0 Å². The highest BCUT2D eigenvalue weighted by Gasteiger charge is 2.28. The van der Waals surface area contributed by atoms with Gasteiger partial charge in [0.15, 0.2) is 0 Å². The third-order valence-corrected chi connectivity index (χ3v) is 7.61. The molecular weight excluding hydrogens is 618 g/mol. The first kappa shape index (κ1) is 43.7. The Hall–Kier alpha value is -3.30. The minimum atomic E-state index is -1.32. The SMILES string of the molecule is CCCCCCCCCCCCCCCC(=O)OCC(CN(CCCN(CC(=O)O)CC(=O)O)CC(=O)O)N(CC(=O)O)CC(=O)O. The van der Waals surface area contributed by atoms with Crippen LogP contribution in [0.4, 0.5) is 0 Å². The molecule has 0 heterocycles. The normalized spacial score (nSPS) is 12.0. The van der Waals surface area contributed by atoms with Gasteiger partial charge < -0.3 is 30.3 Å². The van der Waals surface area contributed by atoms with E-state index in [-0.39, 0.29) is 39.1 Å². The molecule has 0 bridgehead atoms. The van der Waals surface area contributed by atoms with Crippen LogP contribution in [-0.4, -0.2) is 141 Å². The van der Waals surface area contributed by atoms with E-state index in [0.717, 1.165) is 30.6 Å². The van der Waals surface area contributed by atoms with Crippen molar-refractivity contribution in [2.24, 2.45) is 0 Å². The molecule has 0 aromatic heterocycles. The maximum Gasteiger partial charge on any atom is 0.317 e. The lowest BCUT2D eigenvalue weighted by molar-refractivity contribution is -0.149. The molecule has 0 fully saturated rings. The maximum absolute atomic E-state index is 12.5. The van der Waals surface area contributed by atoms with Crippen molar-refractivity contribution >= 4 is 35.8 Å². The van der Waals surface area contributed by atoms with Crippen LogP contribution in [0.2, 0.25) is 0 Å². The Morgan fingerprint density at radius 3 is 1.32 bits per heavy atom. The monoisotopic (exact) mass is 675 g/mol. The van der Waals surface area contributed by atoms with Crippen molar-refractivity contribution in [2.75, 3.05) is 59.0 Å². The Balaban J connectivity index is 5.02. The highest BCUT2D eigenvalue weighted by atomic mass is 16.5. The molecule has 0 aliphatic rings. The second kappa shape index (κ2) is 27.8. The number of ether oxygens (including phenoxy) is 1. The molecule has 0 saturated carbocycles. The lowest BCUT2D eigenvalue weighted by Crippen LogP contribution is -2.51. The number of carbonyl (C=O) groups is 6. The van der Waals surface area contributed by atoms with Crippen LogP contribution in [0.15, 0.2) is 0 Å². The minimum absolute atomic E-state index is 0.0153. The Morgan fingerprint density at radius 1 is 0.511 bits per heavy atom. The molecule has 5 N–H and O–H groups in total. The second-order valence-electron chi connectivity index (χ2n) is 12.0. The van der Waals surface area contributed by atoms with Gasteiger partial charge in [-0.2, -0.15) is 0 Å². The molecule has 0 spiro atoms. The maximum atomic E-state index is 12.5. The molecule has 15 nitrogen and oxygen atoms in total. The van der Waals surface area contributed by atoms with Gasteiger partial charge in [-0.15, -0.1) is 0 Å². The fourth-order valence-electron chi connectivity index (χ4n) is 5.32. The van der Waals surface area contributed by atoms with E-state index in [1.54, 1.807) is 0 Å². The number of unbranched alkanes of at least 4 members (excludes halogenated alkanes) is 12. The molecular formula is C32H57N3O12. The Bertz CT molecular complexity index is 901. The zero-order valence-electron chi connectivity index (χ0n) is 28.0. The van der Waals surface area contributed by atoms with E-state index >= 15 is 0 Å². The molecule has 0 amide bonds. The zero-order chi connectivity index (χ0) is 35.5. The van der Waals surface area contributed by atoms with E-state index < -0.39 is 74.6 Å². The van der Waals surface area contributed by atoms with Gasteiger partial charge >= 0.3 is 35.8 Å². The number of carboxylic acids is 5. The van der Waals surface area contributed by atoms with Gasteiger partial charge in [-0.3, -0.25) is 43.5 Å². The first-order chi connectivity index (χ1) is 22.3. The van der Waals surface area contributed by atoms with Gasteiger partial charge in [-0.05, 0) is 12.8 Å². The minimum Gasteiger partial charge on any atom is -0.480 e. The summed E-state index contributed by atoms with van der Waals surface area (Å²) in [6.45, 7) is -1.24. The predicted octanol–water partition coefficient (Wildman–Crippen LogP) is 3.10. The van der Waals surface area contributed by atoms with Crippen LogP contribution in [-0.2, 0) is 33.5 Å². The number of carbonyl (C=O) groups excluding carboxylic acids is 1. The third-order valence-electron chi connectivity index (χ3n) is 7.61. The van der Waals surface area contributed by atoms with E-state index in [9.17, 15) is 44.1 Å². The van der Waals surface area contributed by atoms with Crippen LogP contribution in [0.1, 0.15) is 103 Å². The summed E-state index contributed by atoms with van der Waals surface area (Å²) in [4.78, 5) is 72.9. The molecule has 0 saturated heterocycles. The van der Waals surface area contributed by atoms with Crippen molar-refractivity contribution in [1.29, 1.82) is 0 Å². The highest BCUT2D eigenvalue weighted by molar-refractivity contribution is 5.73. The largest absolute Gasteiger partial charge is 0.480 e. The molecule has 15 heteroatoms. The Morgan fingerprint density at radius 2 is 0.894 bits per heavy atom. The smallest absolute Gasteiger partial charge is 0.317 e. The Kier molecular flexibility index (Phi) is 25.8. The third kappa shape index (κ3) is 27.5. The van der Waals surface area contributed by atoms with Crippen LogP contribution in [0.25, 0.3) is 0 Å². The molecule has 1 unspecified atom stereocenters. The molecule has 272 valence electrons. The number of nitrogens with zero attached hydrogens (tertiary/aromatic N) is 3. The van der Waals surface area contributed by atoms with Gasteiger partial charge in [-0.1, -0.05) is 84.0 Å². The van der Waals surface area contributed by atoms with Crippen molar-refractivity contribution in [3.05, 3.63) is 0 Å². The van der Waals surface area contributed by atoms with E-state index in [1.165, 1.54) is 61.2 Å². The molecule has 0 aromatic carbocycles. The van der Waals surface area contributed by atoms with Crippen LogP contribution in [0.5, 0.6) is 0 Å². The van der Waals surface area contributed by atoms with E-state index in [0.29, 0.717) is 6.42 Å². The highest BCUT2D eigenvalue weighted by Crippen LogP contribution is 2.14. The van der Waals surface area contributed by atoms with Crippen molar-refractivity contribution in [3.8, 4) is 0 Å². The van der Waals surface area contributed by atoms with E-state index in [2.05, 4.69) is 6.92 Å². The summed E-state index contributed by atoms with van der Waals surface area (Å²) in [6, 6.07) is -0.980. The predicted molar refractivity (Wildman–Crippen MR) is 172 cm³/mol. The fourth-order valence-corrected chi connectivity index (χ4v) is 5.32. The number of rotatable bonds is 33. The summed E-state index contributed by atoms with van der Waals surface area (Å²) < 4.78 is 5.41. The number of carboxylic acid groups (broad SMARTS) is 5. The summed E-state index contributed by atoms with van der Waals surface area (Å²) in [5, 5.41) is 46.3. The average Bonchev–Trinajstić information content (AvgIpc) is 2.95.